The van der Waals surface area contributed by atoms with Crippen molar-refractivity contribution in [3.63, 3.8) is 0 Å². The highest BCUT2D eigenvalue weighted by molar-refractivity contribution is 4.98. The molecule has 0 aliphatic heterocycles. The maximum Gasteiger partial charge on any atom is 0.0830 e. The van der Waals surface area contributed by atoms with Crippen molar-refractivity contribution >= 4 is 0 Å². The van der Waals surface area contributed by atoms with Crippen LogP contribution >= 0.6 is 0 Å². The van der Waals surface area contributed by atoms with E-state index in [0.717, 1.165) is 30.5 Å². The molecular formula is C14H26N4. The van der Waals surface area contributed by atoms with E-state index in [1.807, 2.05) is 7.05 Å². The summed E-state index contributed by atoms with van der Waals surface area (Å²) in [5.41, 5.74) is 1.14. The molecule has 0 saturated heterocycles. The molecule has 1 N–H and O–H groups in total. The lowest BCUT2D eigenvalue weighted by molar-refractivity contribution is 0.199. The van der Waals surface area contributed by atoms with Gasteiger partial charge in [0.05, 0.1) is 5.69 Å². The van der Waals surface area contributed by atoms with Gasteiger partial charge in [-0.1, -0.05) is 25.5 Å². The van der Waals surface area contributed by atoms with E-state index in [-0.39, 0.29) is 0 Å². The minimum Gasteiger partial charge on any atom is -0.314 e. The molecular weight excluding hydrogens is 224 g/mol. The van der Waals surface area contributed by atoms with Crippen LogP contribution in [0.1, 0.15) is 45.2 Å². The maximum absolute atomic E-state index is 4.24. The lowest BCUT2D eigenvalue weighted by Gasteiger charge is -2.36. The van der Waals surface area contributed by atoms with Gasteiger partial charge in [-0.2, -0.15) is 0 Å². The molecule has 2 rings (SSSR count). The second-order valence-corrected chi connectivity index (χ2v) is 5.60. The fraction of sp³-hybridized carbons (Fsp3) is 0.857. The summed E-state index contributed by atoms with van der Waals surface area (Å²) in [7, 11) is 1.94. The fourth-order valence-corrected chi connectivity index (χ4v) is 3.25. The molecule has 102 valence electrons. The summed E-state index contributed by atoms with van der Waals surface area (Å²) in [6.07, 6.45) is 8.48. The van der Waals surface area contributed by atoms with Crippen LogP contribution in [0.4, 0.5) is 0 Å². The molecule has 0 radical (unpaired) electrons. The lowest BCUT2D eigenvalue weighted by Crippen LogP contribution is -2.41. The van der Waals surface area contributed by atoms with Crippen molar-refractivity contribution in [3.05, 3.63) is 11.9 Å². The average Bonchev–Trinajstić information content (AvgIpc) is 2.77. The van der Waals surface area contributed by atoms with Crippen LogP contribution in [0.25, 0.3) is 0 Å². The molecule has 0 bridgehead atoms. The molecule has 1 aliphatic rings. The Morgan fingerprint density at radius 1 is 1.39 bits per heavy atom. The second-order valence-electron chi connectivity index (χ2n) is 5.60. The third-order valence-corrected chi connectivity index (χ3v) is 4.26. The first kappa shape index (κ1) is 13.5. The monoisotopic (exact) mass is 250 g/mol. The predicted molar refractivity (Wildman–Crippen MR) is 73.3 cm³/mol. The Balaban J connectivity index is 2.00. The molecule has 1 aromatic heterocycles. The van der Waals surface area contributed by atoms with Crippen LogP contribution in [0.5, 0.6) is 0 Å². The van der Waals surface area contributed by atoms with Gasteiger partial charge in [0.25, 0.3) is 0 Å². The summed E-state index contributed by atoms with van der Waals surface area (Å²) in [5.74, 6) is 1.63. The second kappa shape index (κ2) is 6.32. The Bertz CT molecular complexity index is 360. The van der Waals surface area contributed by atoms with Crippen LogP contribution < -0.4 is 5.32 Å². The molecule has 1 saturated carbocycles. The Morgan fingerprint density at radius 2 is 2.22 bits per heavy atom. The van der Waals surface area contributed by atoms with Gasteiger partial charge in [0, 0.05) is 19.3 Å². The van der Waals surface area contributed by atoms with E-state index >= 15 is 0 Å². The molecule has 1 aliphatic carbocycles. The topological polar surface area (TPSA) is 42.7 Å². The first-order valence-corrected chi connectivity index (χ1v) is 7.31. The first-order valence-electron chi connectivity index (χ1n) is 7.31. The summed E-state index contributed by atoms with van der Waals surface area (Å²) in [4.78, 5) is 0. The quantitative estimate of drug-likeness (QED) is 0.871. The van der Waals surface area contributed by atoms with E-state index in [1.165, 1.54) is 25.7 Å². The number of nitrogens with zero attached hydrogens (tertiary/aromatic N) is 3. The standard InChI is InChI=1S/C14H26N4/c1-4-11-6-7-14(15-5-2)12(8-11)9-13-10-18(3)17-16-13/h10-12,14-15H,4-9H2,1-3H3. The molecule has 18 heavy (non-hydrogen) atoms. The molecule has 0 spiro atoms. The van der Waals surface area contributed by atoms with Gasteiger partial charge in [0.15, 0.2) is 0 Å². The summed E-state index contributed by atoms with van der Waals surface area (Å²) in [6, 6.07) is 0.666. The molecule has 3 unspecified atom stereocenters. The number of aromatic nitrogens is 3. The zero-order valence-electron chi connectivity index (χ0n) is 11.9. The maximum atomic E-state index is 4.24. The van der Waals surface area contributed by atoms with Crippen molar-refractivity contribution in [1.82, 2.24) is 20.3 Å². The van der Waals surface area contributed by atoms with Crippen LogP contribution in [0.2, 0.25) is 0 Å². The normalized spacial score (nSPS) is 28.5. The van der Waals surface area contributed by atoms with E-state index in [2.05, 4.69) is 35.7 Å². The van der Waals surface area contributed by atoms with Crippen LogP contribution in [-0.4, -0.2) is 27.6 Å². The van der Waals surface area contributed by atoms with E-state index < -0.39 is 0 Å². The SMILES string of the molecule is CCNC1CCC(CC)CC1Cc1cn(C)nn1. The average molecular weight is 250 g/mol. The summed E-state index contributed by atoms with van der Waals surface area (Å²) in [6.45, 7) is 5.58. The Hall–Kier alpha value is -0.900. The minimum absolute atomic E-state index is 0.666. The largest absolute Gasteiger partial charge is 0.314 e. The van der Waals surface area contributed by atoms with Crippen molar-refractivity contribution in [2.75, 3.05) is 6.54 Å². The smallest absolute Gasteiger partial charge is 0.0830 e. The zero-order valence-corrected chi connectivity index (χ0v) is 11.9. The van der Waals surface area contributed by atoms with Crippen molar-refractivity contribution in [2.24, 2.45) is 18.9 Å². The van der Waals surface area contributed by atoms with Gasteiger partial charge < -0.3 is 5.32 Å². The highest BCUT2D eigenvalue weighted by Gasteiger charge is 2.29. The van der Waals surface area contributed by atoms with Crippen LogP contribution in [-0.2, 0) is 13.5 Å². The van der Waals surface area contributed by atoms with Gasteiger partial charge in [0.2, 0.25) is 0 Å². The first-order chi connectivity index (χ1) is 8.72. The lowest BCUT2D eigenvalue weighted by atomic mass is 9.75. The van der Waals surface area contributed by atoms with Gasteiger partial charge >= 0.3 is 0 Å². The van der Waals surface area contributed by atoms with Gasteiger partial charge in [0.1, 0.15) is 0 Å². The van der Waals surface area contributed by atoms with E-state index in [0.29, 0.717) is 6.04 Å². The Morgan fingerprint density at radius 3 is 2.83 bits per heavy atom. The molecule has 4 heteroatoms. The van der Waals surface area contributed by atoms with Crippen LogP contribution in [0.3, 0.4) is 0 Å². The van der Waals surface area contributed by atoms with Gasteiger partial charge in [-0.15, -0.1) is 5.10 Å². The van der Waals surface area contributed by atoms with Gasteiger partial charge in [-0.3, -0.25) is 4.68 Å². The van der Waals surface area contributed by atoms with Gasteiger partial charge in [-0.25, -0.2) is 0 Å². The number of aryl methyl sites for hydroxylation is 1. The summed E-state index contributed by atoms with van der Waals surface area (Å²) < 4.78 is 1.80. The number of hydrogen-bond donors (Lipinski definition) is 1. The van der Waals surface area contributed by atoms with Crippen molar-refractivity contribution in [1.29, 1.82) is 0 Å². The molecule has 1 heterocycles. The third-order valence-electron chi connectivity index (χ3n) is 4.26. The fourth-order valence-electron chi connectivity index (χ4n) is 3.25. The van der Waals surface area contributed by atoms with Gasteiger partial charge in [-0.05, 0) is 44.1 Å². The highest BCUT2D eigenvalue weighted by atomic mass is 15.4. The number of hydrogen-bond acceptors (Lipinski definition) is 3. The molecule has 3 atom stereocenters. The summed E-state index contributed by atoms with van der Waals surface area (Å²) in [5, 5.41) is 11.9. The summed E-state index contributed by atoms with van der Waals surface area (Å²) >= 11 is 0. The van der Waals surface area contributed by atoms with Crippen LogP contribution in [0.15, 0.2) is 6.20 Å². The van der Waals surface area contributed by atoms with E-state index in [4.69, 9.17) is 0 Å². The van der Waals surface area contributed by atoms with E-state index in [1.54, 1.807) is 4.68 Å². The molecule has 4 nitrogen and oxygen atoms in total. The van der Waals surface area contributed by atoms with Crippen molar-refractivity contribution in [2.45, 2.75) is 52.0 Å². The Kier molecular flexibility index (Phi) is 4.75. The number of nitrogens with one attached hydrogen (secondary N) is 1. The minimum atomic E-state index is 0.666. The van der Waals surface area contributed by atoms with Crippen LogP contribution in [0, 0.1) is 11.8 Å². The zero-order chi connectivity index (χ0) is 13.0. The number of rotatable bonds is 5. The van der Waals surface area contributed by atoms with E-state index in [9.17, 15) is 0 Å². The predicted octanol–water partition coefficient (Wildman–Crippen LogP) is 2.16. The Labute approximate surface area is 110 Å². The van der Waals surface area contributed by atoms with Crippen molar-refractivity contribution < 1.29 is 0 Å². The molecule has 1 aromatic rings. The highest BCUT2D eigenvalue weighted by Crippen LogP contribution is 2.33. The van der Waals surface area contributed by atoms with Crippen molar-refractivity contribution in [3.8, 4) is 0 Å². The molecule has 0 amide bonds. The molecule has 0 aromatic carbocycles. The molecule has 1 fully saturated rings. The third kappa shape index (κ3) is 3.31.